The molecule has 0 fully saturated rings. The first-order chi connectivity index (χ1) is 30.5. The fourth-order valence-electron chi connectivity index (χ4n) is 8.26. The lowest BCUT2D eigenvalue weighted by Crippen LogP contribution is -2.30. The van der Waals surface area contributed by atoms with E-state index in [1.165, 1.54) is 199 Å². The fourth-order valence-corrected chi connectivity index (χ4v) is 8.26. The second-order valence-corrected chi connectivity index (χ2v) is 18.9. The first-order valence-corrected chi connectivity index (χ1v) is 27.6. The van der Waals surface area contributed by atoms with Crippen molar-refractivity contribution in [2.24, 2.45) is 0 Å². The van der Waals surface area contributed by atoms with Gasteiger partial charge in [0, 0.05) is 19.3 Å². The predicted molar refractivity (Wildman–Crippen MR) is 266 cm³/mol. The molecule has 366 valence electrons. The summed E-state index contributed by atoms with van der Waals surface area (Å²) in [6.07, 6.45) is 56.9. The quantitative estimate of drug-likeness (QED) is 0.0344. The summed E-state index contributed by atoms with van der Waals surface area (Å²) < 4.78 is 17.1. The summed E-state index contributed by atoms with van der Waals surface area (Å²) in [5, 5.41) is 0. The Morgan fingerprint density at radius 3 is 0.903 bits per heavy atom. The zero-order valence-corrected chi connectivity index (χ0v) is 41.9. The minimum atomic E-state index is -0.631. The standard InChI is InChI=1S/C56H106O6/c1-4-7-10-13-16-19-22-25-27-30-32-35-38-41-44-47-53(57)50-60-54(51-61-55(58)48-45-42-39-36-33-29-24-21-18-15-12-9-6-3)52-62-56(59)49-46-43-40-37-34-31-28-26-23-20-17-14-11-8-5-2/h25,27,54H,4-24,26,28-52H2,1-3H3/b27-25-. The van der Waals surface area contributed by atoms with Crippen LogP contribution in [0.2, 0.25) is 0 Å². The lowest BCUT2D eigenvalue weighted by Gasteiger charge is -2.18. The molecule has 0 bridgehead atoms. The Morgan fingerprint density at radius 1 is 0.339 bits per heavy atom. The Labute approximate surface area is 386 Å². The van der Waals surface area contributed by atoms with Gasteiger partial charge >= 0.3 is 11.9 Å². The molecule has 0 aliphatic heterocycles. The first-order valence-electron chi connectivity index (χ1n) is 27.6. The van der Waals surface area contributed by atoms with Crippen LogP contribution in [0.15, 0.2) is 12.2 Å². The van der Waals surface area contributed by atoms with Crippen LogP contribution in [-0.2, 0) is 28.6 Å². The maximum Gasteiger partial charge on any atom is 0.305 e. The maximum atomic E-state index is 12.7. The lowest BCUT2D eigenvalue weighted by atomic mass is 10.0. The van der Waals surface area contributed by atoms with E-state index in [2.05, 4.69) is 32.9 Å². The molecular formula is C56H106O6. The van der Waals surface area contributed by atoms with Crippen LogP contribution in [0.25, 0.3) is 0 Å². The molecule has 6 nitrogen and oxygen atoms in total. The van der Waals surface area contributed by atoms with Crippen molar-refractivity contribution in [1.29, 1.82) is 0 Å². The molecule has 0 N–H and O–H groups in total. The molecule has 0 radical (unpaired) electrons. The van der Waals surface area contributed by atoms with E-state index in [0.717, 1.165) is 64.2 Å². The highest BCUT2D eigenvalue weighted by atomic mass is 16.6. The fraction of sp³-hybridized carbons (Fsp3) is 0.911. The number of carbonyl (C=O) groups is 3. The van der Waals surface area contributed by atoms with E-state index in [1.807, 2.05) is 0 Å². The molecule has 6 heteroatoms. The highest BCUT2D eigenvalue weighted by Crippen LogP contribution is 2.16. The number of esters is 2. The van der Waals surface area contributed by atoms with Crippen LogP contribution in [0.5, 0.6) is 0 Å². The second-order valence-electron chi connectivity index (χ2n) is 18.9. The van der Waals surface area contributed by atoms with E-state index in [1.54, 1.807) is 0 Å². The van der Waals surface area contributed by atoms with E-state index < -0.39 is 6.10 Å². The molecule has 0 saturated carbocycles. The average molecular weight is 875 g/mol. The number of hydrogen-bond donors (Lipinski definition) is 0. The largest absolute Gasteiger partial charge is 0.463 e. The Hall–Kier alpha value is -1.69. The molecule has 0 rings (SSSR count). The zero-order chi connectivity index (χ0) is 45.1. The lowest BCUT2D eigenvalue weighted by molar-refractivity contribution is -0.156. The van der Waals surface area contributed by atoms with Crippen molar-refractivity contribution in [3.8, 4) is 0 Å². The van der Waals surface area contributed by atoms with Crippen LogP contribution in [0.1, 0.15) is 303 Å². The van der Waals surface area contributed by atoms with E-state index in [0.29, 0.717) is 19.3 Å². The number of ketones is 1. The molecule has 0 aromatic rings. The molecule has 0 saturated heterocycles. The number of ether oxygens (including phenoxy) is 3. The van der Waals surface area contributed by atoms with Crippen molar-refractivity contribution in [2.45, 2.75) is 309 Å². The third kappa shape index (κ3) is 49.3. The van der Waals surface area contributed by atoms with E-state index >= 15 is 0 Å². The molecule has 0 heterocycles. The Morgan fingerprint density at radius 2 is 0.597 bits per heavy atom. The van der Waals surface area contributed by atoms with Crippen LogP contribution in [0.3, 0.4) is 0 Å². The summed E-state index contributed by atoms with van der Waals surface area (Å²) in [7, 11) is 0. The van der Waals surface area contributed by atoms with Gasteiger partial charge in [0.1, 0.15) is 25.9 Å². The number of hydrogen-bond acceptors (Lipinski definition) is 6. The zero-order valence-electron chi connectivity index (χ0n) is 41.9. The molecule has 62 heavy (non-hydrogen) atoms. The summed E-state index contributed by atoms with van der Waals surface area (Å²) in [5.74, 6) is -0.438. The van der Waals surface area contributed by atoms with Crippen molar-refractivity contribution >= 4 is 17.7 Å². The Bertz CT molecular complexity index is 962. The molecule has 0 spiro atoms. The van der Waals surface area contributed by atoms with Gasteiger partial charge in [0.2, 0.25) is 0 Å². The SMILES string of the molecule is CCCCCCCC/C=C\CCCCCCCC(=O)COC(COC(=O)CCCCCCCCCCCCCCC)COC(=O)CCCCCCCCCCCCCCCCC. The van der Waals surface area contributed by atoms with Gasteiger partial charge in [-0.3, -0.25) is 14.4 Å². The first kappa shape index (κ1) is 60.3. The van der Waals surface area contributed by atoms with E-state index in [-0.39, 0.29) is 37.5 Å². The normalized spacial score (nSPS) is 12.0. The summed E-state index contributed by atoms with van der Waals surface area (Å²) in [6.45, 7) is 6.78. The van der Waals surface area contributed by atoms with Gasteiger partial charge in [0.05, 0.1) is 0 Å². The van der Waals surface area contributed by atoms with Crippen LogP contribution >= 0.6 is 0 Å². The Balaban J connectivity index is 4.32. The molecule has 0 aliphatic rings. The smallest absolute Gasteiger partial charge is 0.305 e. The van der Waals surface area contributed by atoms with Crippen molar-refractivity contribution in [2.75, 3.05) is 19.8 Å². The molecule has 0 aromatic carbocycles. The molecule has 0 amide bonds. The topological polar surface area (TPSA) is 78.9 Å². The number of allylic oxidation sites excluding steroid dienone is 2. The summed E-state index contributed by atoms with van der Waals surface area (Å²) >= 11 is 0. The third-order valence-corrected chi connectivity index (χ3v) is 12.5. The van der Waals surface area contributed by atoms with Gasteiger partial charge in [-0.2, -0.15) is 0 Å². The number of unbranched alkanes of at least 4 members (excludes halogenated alkanes) is 37. The minimum Gasteiger partial charge on any atom is -0.463 e. The van der Waals surface area contributed by atoms with Crippen molar-refractivity contribution in [1.82, 2.24) is 0 Å². The highest BCUT2D eigenvalue weighted by Gasteiger charge is 2.17. The average Bonchev–Trinajstić information content (AvgIpc) is 3.27. The summed E-state index contributed by atoms with van der Waals surface area (Å²) in [5.41, 5.74) is 0. The van der Waals surface area contributed by atoms with Gasteiger partial charge in [-0.15, -0.1) is 0 Å². The predicted octanol–water partition coefficient (Wildman–Crippen LogP) is 17.8. The Kier molecular flexibility index (Phi) is 50.5. The highest BCUT2D eigenvalue weighted by molar-refractivity contribution is 5.79. The van der Waals surface area contributed by atoms with E-state index in [9.17, 15) is 14.4 Å². The monoisotopic (exact) mass is 875 g/mol. The van der Waals surface area contributed by atoms with Gasteiger partial charge in [0.15, 0.2) is 5.78 Å². The van der Waals surface area contributed by atoms with Gasteiger partial charge < -0.3 is 14.2 Å². The summed E-state index contributed by atoms with van der Waals surface area (Å²) in [4.78, 5) is 38.0. The molecule has 0 aromatic heterocycles. The van der Waals surface area contributed by atoms with Crippen LogP contribution in [-0.4, -0.2) is 43.6 Å². The van der Waals surface area contributed by atoms with Gasteiger partial charge in [-0.25, -0.2) is 0 Å². The van der Waals surface area contributed by atoms with Crippen molar-refractivity contribution < 1.29 is 28.6 Å². The number of rotatable bonds is 52. The second kappa shape index (κ2) is 51.9. The molecule has 0 aliphatic carbocycles. The van der Waals surface area contributed by atoms with Crippen LogP contribution < -0.4 is 0 Å². The minimum absolute atomic E-state index is 0.00417. The summed E-state index contributed by atoms with van der Waals surface area (Å²) in [6, 6.07) is 0. The number of Topliss-reactive ketones (excluding diaryl/α,β-unsaturated/α-hetero) is 1. The molecule has 1 atom stereocenters. The van der Waals surface area contributed by atoms with Crippen molar-refractivity contribution in [3.63, 3.8) is 0 Å². The number of carbonyl (C=O) groups excluding carboxylic acids is 3. The van der Waals surface area contributed by atoms with Gasteiger partial charge in [0.25, 0.3) is 0 Å². The van der Waals surface area contributed by atoms with Gasteiger partial charge in [-0.05, 0) is 44.9 Å². The molecule has 1 unspecified atom stereocenters. The maximum absolute atomic E-state index is 12.7. The van der Waals surface area contributed by atoms with E-state index in [4.69, 9.17) is 14.2 Å². The van der Waals surface area contributed by atoms with Crippen LogP contribution in [0.4, 0.5) is 0 Å². The van der Waals surface area contributed by atoms with Crippen molar-refractivity contribution in [3.05, 3.63) is 12.2 Å². The van der Waals surface area contributed by atoms with Gasteiger partial charge in [-0.1, -0.05) is 251 Å². The van der Waals surface area contributed by atoms with Crippen LogP contribution in [0, 0.1) is 0 Å². The molecular weight excluding hydrogens is 769 g/mol. The third-order valence-electron chi connectivity index (χ3n) is 12.5.